The largest absolute Gasteiger partial charge is 0.493 e. The quantitative estimate of drug-likeness (QED) is 0.361. The Labute approximate surface area is 200 Å². The fourth-order valence-electron chi connectivity index (χ4n) is 4.66. The number of benzene rings is 1. The van der Waals surface area contributed by atoms with Crippen molar-refractivity contribution in [2.24, 2.45) is 0 Å². The van der Waals surface area contributed by atoms with Crippen LogP contribution in [0.3, 0.4) is 0 Å². The summed E-state index contributed by atoms with van der Waals surface area (Å²) < 4.78 is 11.2. The number of hydrogen-bond donors (Lipinski definition) is 3. The second kappa shape index (κ2) is 7.92. The molecule has 9 heteroatoms. The second-order valence-corrected chi connectivity index (χ2v) is 8.75. The van der Waals surface area contributed by atoms with Crippen LogP contribution in [0.5, 0.6) is 11.6 Å². The molecule has 3 N–H and O–H groups in total. The molecule has 2 atom stereocenters. The summed E-state index contributed by atoms with van der Waals surface area (Å²) in [7, 11) is 1.57. The number of rotatable bonds is 6. The molecule has 4 heterocycles. The lowest BCUT2D eigenvalue weighted by molar-refractivity contribution is 0.0944. The van der Waals surface area contributed by atoms with E-state index >= 15 is 0 Å². The van der Waals surface area contributed by atoms with Crippen LogP contribution < -0.4 is 20.1 Å². The van der Waals surface area contributed by atoms with Crippen molar-refractivity contribution in [3.05, 3.63) is 58.9 Å². The van der Waals surface area contributed by atoms with Crippen LogP contribution in [0.25, 0.3) is 22.3 Å². The Bertz CT molecular complexity index is 1450. The maximum Gasteiger partial charge on any atom is 0.255 e. The van der Waals surface area contributed by atoms with Gasteiger partial charge in [0.15, 0.2) is 5.75 Å². The number of amides is 1. The summed E-state index contributed by atoms with van der Waals surface area (Å²) in [5, 5.41) is 7.01. The molecule has 0 unspecified atom stereocenters. The van der Waals surface area contributed by atoms with Gasteiger partial charge in [0.2, 0.25) is 5.88 Å². The van der Waals surface area contributed by atoms with Gasteiger partial charge in [-0.15, -0.1) is 0 Å². The zero-order valence-electron chi connectivity index (χ0n) is 18.6. The molecule has 0 bridgehead atoms. The third kappa shape index (κ3) is 3.25. The molecular formula is C25H22ClN5O3. The normalized spacial score (nSPS) is 18.1. The molecule has 1 aliphatic carbocycles. The number of nitrogens with one attached hydrogen (secondary N) is 3. The van der Waals surface area contributed by atoms with Crippen molar-refractivity contribution in [2.45, 2.75) is 25.3 Å². The van der Waals surface area contributed by atoms with Crippen LogP contribution >= 0.6 is 11.6 Å². The number of para-hydroxylation sites is 1. The fourth-order valence-corrected chi connectivity index (χ4v) is 4.91. The minimum atomic E-state index is -0.110. The molecule has 0 radical (unpaired) electrons. The number of carbonyl (C=O) groups is 1. The summed E-state index contributed by atoms with van der Waals surface area (Å²) in [5.41, 5.74) is 5.81. The zero-order valence-corrected chi connectivity index (χ0v) is 19.4. The van der Waals surface area contributed by atoms with Gasteiger partial charge in [0.25, 0.3) is 5.91 Å². The van der Waals surface area contributed by atoms with E-state index in [1.54, 1.807) is 25.4 Å². The van der Waals surface area contributed by atoms with E-state index in [0.29, 0.717) is 45.7 Å². The summed E-state index contributed by atoms with van der Waals surface area (Å²) in [6.07, 6.45) is 2.66. The Balaban J connectivity index is 1.58. The van der Waals surface area contributed by atoms with E-state index in [1.165, 1.54) is 0 Å². The van der Waals surface area contributed by atoms with Crippen LogP contribution in [-0.2, 0) is 0 Å². The van der Waals surface area contributed by atoms with E-state index < -0.39 is 0 Å². The summed E-state index contributed by atoms with van der Waals surface area (Å²) in [4.78, 5) is 25.9. The second-order valence-electron chi connectivity index (χ2n) is 8.34. The molecule has 1 aromatic carbocycles. The highest BCUT2D eigenvalue weighted by molar-refractivity contribution is 6.32. The number of fused-ring (bicyclic) bond motifs is 4. The highest BCUT2D eigenvalue weighted by atomic mass is 35.5. The van der Waals surface area contributed by atoms with E-state index in [0.717, 1.165) is 28.9 Å². The molecule has 1 saturated carbocycles. The van der Waals surface area contributed by atoms with Crippen molar-refractivity contribution in [1.29, 1.82) is 0 Å². The molecule has 3 aromatic heterocycles. The third-order valence-electron chi connectivity index (χ3n) is 6.28. The van der Waals surface area contributed by atoms with Crippen LogP contribution in [0.2, 0.25) is 5.02 Å². The maximum atomic E-state index is 13.1. The molecule has 1 fully saturated rings. The highest BCUT2D eigenvalue weighted by Gasteiger charge is 2.48. The average Bonchev–Trinajstić information content (AvgIpc) is 3.51. The molecule has 2 aliphatic rings. The molecule has 34 heavy (non-hydrogen) atoms. The van der Waals surface area contributed by atoms with Gasteiger partial charge in [-0.05, 0) is 37.6 Å². The lowest BCUT2D eigenvalue weighted by Gasteiger charge is -2.17. The first-order valence-corrected chi connectivity index (χ1v) is 11.5. The predicted molar refractivity (Wildman–Crippen MR) is 130 cm³/mol. The number of pyridine rings is 2. The first-order chi connectivity index (χ1) is 16.6. The Morgan fingerprint density at radius 3 is 2.94 bits per heavy atom. The van der Waals surface area contributed by atoms with Crippen LogP contribution in [0, 0.1) is 0 Å². The van der Waals surface area contributed by atoms with E-state index in [1.807, 2.05) is 31.2 Å². The van der Waals surface area contributed by atoms with Gasteiger partial charge >= 0.3 is 0 Å². The topological polar surface area (TPSA) is 101 Å². The maximum absolute atomic E-state index is 13.1. The number of anilines is 2. The van der Waals surface area contributed by atoms with E-state index in [2.05, 4.69) is 20.6 Å². The third-order valence-corrected chi connectivity index (χ3v) is 6.58. The van der Waals surface area contributed by atoms with E-state index in [9.17, 15) is 4.79 Å². The average molecular weight is 476 g/mol. The number of aromatic amines is 1. The predicted octanol–water partition coefficient (Wildman–Crippen LogP) is 5.03. The van der Waals surface area contributed by atoms with Gasteiger partial charge in [0, 0.05) is 35.5 Å². The first-order valence-electron chi connectivity index (χ1n) is 11.1. The smallest absolute Gasteiger partial charge is 0.255 e. The van der Waals surface area contributed by atoms with Gasteiger partial charge in [-0.2, -0.15) is 0 Å². The number of aromatic nitrogens is 3. The molecule has 1 amide bonds. The number of H-pyrrole nitrogens is 1. The molecule has 1 aliphatic heterocycles. The van der Waals surface area contributed by atoms with Crippen molar-refractivity contribution in [3.63, 3.8) is 0 Å². The minimum absolute atomic E-state index is 0.110. The van der Waals surface area contributed by atoms with Gasteiger partial charge in [-0.25, -0.2) is 4.98 Å². The van der Waals surface area contributed by atoms with Gasteiger partial charge < -0.3 is 25.1 Å². The summed E-state index contributed by atoms with van der Waals surface area (Å²) >= 11 is 6.37. The number of hydrogen-bond acceptors (Lipinski definition) is 6. The molecule has 0 saturated heterocycles. The summed E-state index contributed by atoms with van der Waals surface area (Å²) in [6, 6.07) is 11.2. The number of carbonyl (C=O) groups excluding carboxylic acids is 1. The van der Waals surface area contributed by atoms with Crippen molar-refractivity contribution in [1.82, 2.24) is 20.3 Å². The van der Waals surface area contributed by atoms with Crippen LogP contribution in [0.4, 0.5) is 11.4 Å². The lowest BCUT2D eigenvalue weighted by Crippen LogP contribution is -2.31. The van der Waals surface area contributed by atoms with Gasteiger partial charge in [0.05, 0.1) is 46.9 Å². The lowest BCUT2D eigenvalue weighted by atomic mass is 10.0. The van der Waals surface area contributed by atoms with Gasteiger partial charge in [-0.3, -0.25) is 9.78 Å². The number of ether oxygens (including phenoxy) is 2. The highest BCUT2D eigenvalue weighted by Crippen LogP contribution is 2.50. The van der Waals surface area contributed by atoms with E-state index in [-0.39, 0.29) is 17.9 Å². The molecular weight excluding hydrogens is 454 g/mol. The van der Waals surface area contributed by atoms with Gasteiger partial charge in [0.1, 0.15) is 5.52 Å². The summed E-state index contributed by atoms with van der Waals surface area (Å²) in [5.74, 6) is 1.18. The van der Waals surface area contributed by atoms with Crippen molar-refractivity contribution in [2.75, 3.05) is 19.0 Å². The fraction of sp³-hybridized carbons (Fsp3) is 0.240. The first kappa shape index (κ1) is 20.8. The Morgan fingerprint density at radius 1 is 1.24 bits per heavy atom. The number of nitrogens with zero attached hydrogens (tertiary/aromatic N) is 2. The van der Waals surface area contributed by atoms with Crippen molar-refractivity contribution < 1.29 is 14.3 Å². The molecule has 8 nitrogen and oxygen atoms in total. The Morgan fingerprint density at radius 2 is 2.12 bits per heavy atom. The Kier molecular flexibility index (Phi) is 4.84. The summed E-state index contributed by atoms with van der Waals surface area (Å²) in [6.45, 7) is 2.43. The Hall–Kier alpha value is -3.78. The van der Waals surface area contributed by atoms with Crippen LogP contribution in [0.15, 0.2) is 42.6 Å². The zero-order chi connectivity index (χ0) is 23.4. The van der Waals surface area contributed by atoms with Crippen LogP contribution in [-0.4, -0.2) is 40.6 Å². The standard InChI is InChI=1S/C25H22ClN5O3/c1-3-34-18-8-7-15-20(30-18)12(9-10-27-15)22-23(28-16-6-4-5-14(26)24(16)33-2)19-21(31-22)13-11-17(13)29-25(19)32/h4-10,13,17,28,31H,3,11H2,1-2H3,(H,29,32)/t13-,17+/m0/s1. The molecule has 0 spiro atoms. The van der Waals surface area contributed by atoms with E-state index in [4.69, 9.17) is 26.1 Å². The van der Waals surface area contributed by atoms with Crippen molar-refractivity contribution in [3.8, 4) is 22.9 Å². The molecule has 172 valence electrons. The van der Waals surface area contributed by atoms with Gasteiger partial charge in [-0.1, -0.05) is 17.7 Å². The minimum Gasteiger partial charge on any atom is -0.493 e. The molecule has 4 aromatic rings. The number of methoxy groups -OCH3 is 1. The monoisotopic (exact) mass is 475 g/mol. The SMILES string of the molecule is CCOc1ccc2nccc(-c3[nH]c4c(c3Nc3cccc(Cl)c3OC)C(=O)N[C@@H]3C[C@H]43)c2n1. The number of halogens is 1. The molecule has 6 rings (SSSR count). The van der Waals surface area contributed by atoms with Crippen LogP contribution in [0.1, 0.15) is 35.3 Å². The van der Waals surface area contributed by atoms with Crippen molar-refractivity contribution >= 4 is 39.9 Å².